The fourth-order valence-corrected chi connectivity index (χ4v) is 2.44. The largest absolute Gasteiger partial charge is 0.478 e. The summed E-state index contributed by atoms with van der Waals surface area (Å²) in [7, 11) is 0. The maximum atomic E-state index is 11.8. The van der Waals surface area contributed by atoms with Gasteiger partial charge in [-0.05, 0) is 5.41 Å². The van der Waals surface area contributed by atoms with E-state index in [0.717, 1.165) is 11.0 Å². The molecule has 0 radical (unpaired) electrons. The maximum Gasteiger partial charge on any atom is 0.328 e. The number of amides is 2. The van der Waals surface area contributed by atoms with Crippen LogP contribution in [0.5, 0.6) is 0 Å². The molecule has 2 fully saturated rings. The highest BCUT2D eigenvalue weighted by Gasteiger charge is 2.72. The van der Waals surface area contributed by atoms with Crippen LogP contribution in [0.1, 0.15) is 13.8 Å². The molecule has 1 saturated carbocycles. The monoisotopic (exact) mass is 223 g/mol. The molecule has 2 amide bonds. The molecule has 2 aliphatic rings. The Morgan fingerprint density at radius 3 is 2.31 bits per heavy atom. The van der Waals surface area contributed by atoms with Gasteiger partial charge in [0.25, 0.3) is 0 Å². The minimum absolute atomic E-state index is 0.0625. The van der Waals surface area contributed by atoms with Crippen LogP contribution in [0.15, 0.2) is 12.2 Å². The van der Waals surface area contributed by atoms with E-state index in [2.05, 4.69) is 0 Å². The molecule has 2 atom stereocenters. The zero-order valence-corrected chi connectivity index (χ0v) is 9.14. The average molecular weight is 223 g/mol. The lowest BCUT2D eigenvalue weighted by atomic mass is 10.1. The molecule has 1 N–H and O–H groups in total. The van der Waals surface area contributed by atoms with Gasteiger partial charge in [0.05, 0.1) is 11.8 Å². The van der Waals surface area contributed by atoms with Crippen molar-refractivity contribution >= 4 is 17.8 Å². The van der Waals surface area contributed by atoms with Gasteiger partial charge in [-0.15, -0.1) is 0 Å². The molecule has 1 aliphatic heterocycles. The summed E-state index contributed by atoms with van der Waals surface area (Å²) in [5.41, 5.74) is -0.207. The molecule has 16 heavy (non-hydrogen) atoms. The predicted octanol–water partition coefficient (Wildman–Crippen LogP) is 0.268. The number of carboxylic acids is 1. The van der Waals surface area contributed by atoms with E-state index in [9.17, 15) is 14.4 Å². The second-order valence-corrected chi connectivity index (χ2v) is 4.80. The third-order valence-corrected chi connectivity index (χ3v) is 3.44. The molecule has 1 heterocycles. The molecule has 0 aromatic carbocycles. The number of carboxylic acid groups (broad SMARTS) is 1. The normalized spacial score (nSPS) is 31.0. The average Bonchev–Trinajstić information content (AvgIpc) is 2.62. The van der Waals surface area contributed by atoms with Crippen LogP contribution in [0.25, 0.3) is 0 Å². The summed E-state index contributed by atoms with van der Waals surface area (Å²) in [6.07, 6.45) is 2.26. The Morgan fingerprint density at radius 2 is 1.88 bits per heavy atom. The van der Waals surface area contributed by atoms with Crippen LogP contribution in [-0.2, 0) is 14.4 Å². The van der Waals surface area contributed by atoms with Crippen LogP contribution in [-0.4, -0.2) is 34.3 Å². The van der Waals surface area contributed by atoms with Crippen LogP contribution in [0.3, 0.4) is 0 Å². The van der Waals surface area contributed by atoms with Gasteiger partial charge in [-0.3, -0.25) is 14.5 Å². The van der Waals surface area contributed by atoms with E-state index < -0.39 is 5.97 Å². The summed E-state index contributed by atoms with van der Waals surface area (Å²) in [6.45, 7) is 3.87. The number of nitrogens with zero attached hydrogens (tertiary/aromatic N) is 1. The summed E-state index contributed by atoms with van der Waals surface area (Å²) >= 11 is 0. The molecule has 0 spiro atoms. The van der Waals surface area contributed by atoms with Crippen molar-refractivity contribution in [3.05, 3.63) is 12.2 Å². The van der Waals surface area contributed by atoms with Crippen molar-refractivity contribution in [3.63, 3.8) is 0 Å². The third-order valence-electron chi connectivity index (χ3n) is 3.44. The number of likely N-dealkylation sites (tertiary alicyclic amines) is 1. The van der Waals surface area contributed by atoms with Gasteiger partial charge in [-0.2, -0.15) is 0 Å². The molecule has 1 saturated heterocycles. The van der Waals surface area contributed by atoms with Crippen LogP contribution in [0.4, 0.5) is 0 Å². The van der Waals surface area contributed by atoms with Gasteiger partial charge in [-0.1, -0.05) is 19.9 Å². The van der Waals surface area contributed by atoms with E-state index in [4.69, 9.17) is 5.11 Å². The van der Waals surface area contributed by atoms with Gasteiger partial charge in [0, 0.05) is 12.6 Å². The van der Waals surface area contributed by atoms with Crippen molar-refractivity contribution in [3.8, 4) is 0 Å². The molecular formula is C11H13NO4. The summed E-state index contributed by atoms with van der Waals surface area (Å²) in [6, 6.07) is 0. The summed E-state index contributed by atoms with van der Waals surface area (Å²) in [5, 5.41) is 8.39. The number of piperidine rings is 1. The third kappa shape index (κ3) is 1.35. The zero-order chi connectivity index (χ0) is 12.1. The SMILES string of the molecule is CC1(C)C2C(=O)N(C/C=C/C(=O)O)C(=O)C21. The van der Waals surface area contributed by atoms with Crippen LogP contribution in [0.2, 0.25) is 0 Å². The highest BCUT2D eigenvalue weighted by molar-refractivity contribution is 6.10. The summed E-state index contributed by atoms with van der Waals surface area (Å²) < 4.78 is 0. The molecule has 2 unspecified atom stereocenters. The smallest absolute Gasteiger partial charge is 0.328 e. The fourth-order valence-electron chi connectivity index (χ4n) is 2.44. The van der Waals surface area contributed by atoms with Crippen LogP contribution < -0.4 is 0 Å². The second-order valence-electron chi connectivity index (χ2n) is 4.80. The number of fused-ring (bicyclic) bond motifs is 1. The van der Waals surface area contributed by atoms with E-state index in [1.165, 1.54) is 6.08 Å². The van der Waals surface area contributed by atoms with E-state index >= 15 is 0 Å². The quantitative estimate of drug-likeness (QED) is 0.550. The number of carbonyl (C=O) groups is 3. The summed E-state index contributed by atoms with van der Waals surface area (Å²) in [5.74, 6) is -1.81. The molecule has 2 rings (SSSR count). The van der Waals surface area contributed by atoms with E-state index in [-0.39, 0.29) is 35.6 Å². The predicted molar refractivity (Wildman–Crippen MR) is 54.3 cm³/mol. The molecule has 5 nitrogen and oxygen atoms in total. The van der Waals surface area contributed by atoms with E-state index in [1.807, 2.05) is 13.8 Å². The van der Waals surface area contributed by atoms with Gasteiger partial charge in [0.2, 0.25) is 11.8 Å². The Morgan fingerprint density at radius 1 is 1.38 bits per heavy atom. The summed E-state index contributed by atoms with van der Waals surface area (Å²) in [4.78, 5) is 34.9. The van der Waals surface area contributed by atoms with Crippen LogP contribution >= 0.6 is 0 Å². The van der Waals surface area contributed by atoms with Gasteiger partial charge >= 0.3 is 5.97 Å². The van der Waals surface area contributed by atoms with Gasteiger partial charge in [0.15, 0.2) is 0 Å². The molecule has 0 bridgehead atoms. The number of hydrogen-bond acceptors (Lipinski definition) is 3. The molecule has 0 aromatic rings. The number of rotatable bonds is 3. The maximum absolute atomic E-state index is 11.8. The lowest BCUT2D eigenvalue weighted by Crippen LogP contribution is -2.36. The van der Waals surface area contributed by atoms with Crippen molar-refractivity contribution in [1.82, 2.24) is 4.90 Å². The van der Waals surface area contributed by atoms with E-state index in [1.54, 1.807) is 0 Å². The first kappa shape index (κ1) is 10.9. The first-order valence-corrected chi connectivity index (χ1v) is 5.12. The second kappa shape index (κ2) is 3.17. The van der Waals surface area contributed by atoms with Crippen molar-refractivity contribution < 1.29 is 19.5 Å². The van der Waals surface area contributed by atoms with Crippen molar-refractivity contribution in [2.24, 2.45) is 17.3 Å². The standard InChI is InChI=1S/C11H13NO4/c1-11(2)7-8(11)10(16)12(9(7)15)5-3-4-6(13)14/h3-4,7-8H,5H2,1-2H3,(H,13,14)/b4-3+. The lowest BCUT2D eigenvalue weighted by Gasteiger charge is -2.18. The van der Waals surface area contributed by atoms with Gasteiger partial charge < -0.3 is 5.11 Å². The molecule has 86 valence electrons. The Hall–Kier alpha value is -1.65. The highest BCUT2D eigenvalue weighted by atomic mass is 16.4. The number of imide groups is 1. The van der Waals surface area contributed by atoms with Crippen molar-refractivity contribution in [2.75, 3.05) is 6.54 Å². The minimum atomic E-state index is -1.08. The Bertz CT molecular complexity index is 386. The Kier molecular flexibility index (Phi) is 2.15. The molecule has 1 aliphatic carbocycles. The van der Waals surface area contributed by atoms with E-state index in [0.29, 0.717) is 0 Å². The molecule has 0 aromatic heterocycles. The van der Waals surface area contributed by atoms with Gasteiger partial charge in [-0.25, -0.2) is 4.79 Å². The topological polar surface area (TPSA) is 74.7 Å². The van der Waals surface area contributed by atoms with Crippen molar-refractivity contribution in [1.29, 1.82) is 0 Å². The Labute approximate surface area is 92.7 Å². The first-order valence-electron chi connectivity index (χ1n) is 5.12. The molecular weight excluding hydrogens is 210 g/mol. The fraction of sp³-hybridized carbons (Fsp3) is 0.545. The van der Waals surface area contributed by atoms with Crippen molar-refractivity contribution in [2.45, 2.75) is 13.8 Å². The first-order chi connectivity index (χ1) is 7.37. The number of carbonyl (C=O) groups excluding carboxylic acids is 2. The highest BCUT2D eigenvalue weighted by Crippen LogP contribution is 2.63. The lowest BCUT2D eigenvalue weighted by molar-refractivity contribution is -0.142. The zero-order valence-electron chi connectivity index (χ0n) is 9.14. The number of hydrogen-bond donors (Lipinski definition) is 1. The van der Waals surface area contributed by atoms with Gasteiger partial charge in [0.1, 0.15) is 0 Å². The molecule has 5 heteroatoms. The minimum Gasteiger partial charge on any atom is -0.478 e. The number of aliphatic carboxylic acids is 1. The Balaban J connectivity index is 2.03. The van der Waals surface area contributed by atoms with Crippen LogP contribution in [0, 0.1) is 17.3 Å².